The molecule has 1 aromatic heterocycles. The first-order chi connectivity index (χ1) is 14.0. The van der Waals surface area contributed by atoms with E-state index in [9.17, 15) is 19.8 Å². The lowest BCUT2D eigenvalue weighted by Gasteiger charge is -2.27. The number of carbonyl (C=O) groups excluding carboxylic acids is 2. The van der Waals surface area contributed by atoms with Gasteiger partial charge in [0, 0.05) is 31.5 Å². The molecule has 0 spiro atoms. The molecule has 2 atom stereocenters. The van der Waals surface area contributed by atoms with Gasteiger partial charge in [-0.2, -0.15) is 0 Å². The van der Waals surface area contributed by atoms with Gasteiger partial charge in [0.05, 0.1) is 22.2 Å². The summed E-state index contributed by atoms with van der Waals surface area (Å²) in [6.45, 7) is 8.12. The van der Waals surface area contributed by atoms with Gasteiger partial charge in [-0.15, -0.1) is 11.3 Å². The van der Waals surface area contributed by atoms with Crippen LogP contribution in [0, 0.1) is 12.3 Å². The van der Waals surface area contributed by atoms with Crippen LogP contribution in [0.15, 0.2) is 23.7 Å². The van der Waals surface area contributed by atoms with Crippen molar-refractivity contribution in [3.05, 3.63) is 35.0 Å². The van der Waals surface area contributed by atoms with Gasteiger partial charge in [-0.05, 0) is 24.0 Å². The summed E-state index contributed by atoms with van der Waals surface area (Å²) in [6.07, 6.45) is -0.181. The standard InChI is InChI=1S/C22H29N3O4S/c1-13-20(30-12-24-13)14-5-6-15(18(27)7-14)10-23-21(29)17-8-16(26)11-25(17)19(28)9-22(2,3)4/h5-7,12,16-17,26-27H,8-11H2,1-4H3,(H,23,29). The van der Waals surface area contributed by atoms with Crippen molar-refractivity contribution in [2.45, 2.75) is 59.2 Å². The van der Waals surface area contributed by atoms with Crippen molar-refractivity contribution in [2.75, 3.05) is 6.54 Å². The molecular weight excluding hydrogens is 402 g/mol. The highest BCUT2D eigenvalue weighted by molar-refractivity contribution is 7.13. The molecule has 0 bridgehead atoms. The molecule has 1 aliphatic heterocycles. The molecule has 2 amide bonds. The highest BCUT2D eigenvalue weighted by atomic mass is 32.1. The normalized spacial score (nSPS) is 19.2. The van der Waals surface area contributed by atoms with E-state index in [0.717, 1.165) is 16.1 Å². The molecule has 3 N–H and O–H groups in total. The molecule has 2 aromatic rings. The summed E-state index contributed by atoms with van der Waals surface area (Å²) in [4.78, 5) is 32.1. The lowest BCUT2D eigenvalue weighted by molar-refractivity contribution is -0.140. The summed E-state index contributed by atoms with van der Waals surface area (Å²) in [7, 11) is 0. The van der Waals surface area contributed by atoms with Crippen LogP contribution in [0.25, 0.3) is 10.4 Å². The number of amides is 2. The van der Waals surface area contributed by atoms with E-state index >= 15 is 0 Å². The summed E-state index contributed by atoms with van der Waals surface area (Å²) in [5, 5.41) is 23.2. The molecule has 2 heterocycles. The number of β-amino-alcohol motifs (C(OH)–C–C–N with tert-alkyl or cyclic N) is 1. The quantitative estimate of drug-likeness (QED) is 0.676. The fourth-order valence-corrected chi connectivity index (χ4v) is 4.43. The van der Waals surface area contributed by atoms with Crippen molar-refractivity contribution in [3.63, 3.8) is 0 Å². The predicted octanol–water partition coefficient (Wildman–Crippen LogP) is 2.84. The molecule has 1 fully saturated rings. The smallest absolute Gasteiger partial charge is 0.243 e. The summed E-state index contributed by atoms with van der Waals surface area (Å²) >= 11 is 1.51. The predicted molar refractivity (Wildman–Crippen MR) is 116 cm³/mol. The van der Waals surface area contributed by atoms with Crippen molar-refractivity contribution in [1.82, 2.24) is 15.2 Å². The maximum Gasteiger partial charge on any atom is 0.243 e. The maximum atomic E-state index is 12.7. The summed E-state index contributed by atoms with van der Waals surface area (Å²) in [6, 6.07) is 4.63. The number of thiazole rings is 1. The highest BCUT2D eigenvalue weighted by Gasteiger charge is 2.39. The first kappa shape index (κ1) is 22.2. The zero-order valence-corrected chi connectivity index (χ0v) is 18.6. The van der Waals surface area contributed by atoms with Crippen LogP contribution in [-0.4, -0.2) is 50.6 Å². The Hall–Kier alpha value is -2.45. The first-order valence-electron chi connectivity index (χ1n) is 10.0. The molecule has 1 saturated heterocycles. The Labute approximate surface area is 180 Å². The van der Waals surface area contributed by atoms with Crippen LogP contribution in [0.5, 0.6) is 5.75 Å². The minimum atomic E-state index is -0.708. The van der Waals surface area contributed by atoms with Crippen LogP contribution in [0.3, 0.4) is 0 Å². The van der Waals surface area contributed by atoms with Crippen molar-refractivity contribution < 1.29 is 19.8 Å². The third-order valence-electron chi connectivity index (χ3n) is 5.13. The number of likely N-dealkylation sites (tertiary alicyclic amines) is 1. The van der Waals surface area contributed by atoms with Crippen LogP contribution >= 0.6 is 11.3 Å². The molecule has 1 aliphatic rings. The summed E-state index contributed by atoms with van der Waals surface area (Å²) in [5.74, 6) is -0.366. The molecule has 0 radical (unpaired) electrons. The molecular formula is C22H29N3O4S. The number of benzene rings is 1. The van der Waals surface area contributed by atoms with Gasteiger partial charge in [0.2, 0.25) is 11.8 Å². The minimum Gasteiger partial charge on any atom is -0.508 e. The molecule has 1 aromatic carbocycles. The number of aliphatic hydroxyl groups excluding tert-OH is 1. The third kappa shape index (κ3) is 5.17. The third-order valence-corrected chi connectivity index (χ3v) is 6.11. The zero-order valence-electron chi connectivity index (χ0n) is 17.8. The number of carbonyl (C=O) groups is 2. The topological polar surface area (TPSA) is 103 Å². The minimum absolute atomic E-state index is 0.0905. The number of hydrogen-bond donors (Lipinski definition) is 3. The van der Waals surface area contributed by atoms with E-state index in [0.29, 0.717) is 12.0 Å². The molecule has 162 valence electrons. The van der Waals surface area contributed by atoms with Crippen LogP contribution in [0.4, 0.5) is 0 Å². The van der Waals surface area contributed by atoms with Gasteiger partial charge in [-0.3, -0.25) is 9.59 Å². The number of rotatable bonds is 5. The maximum absolute atomic E-state index is 12.7. The second-order valence-corrected chi connectivity index (χ2v) is 9.87. The van der Waals surface area contributed by atoms with Gasteiger partial charge in [0.25, 0.3) is 0 Å². The van der Waals surface area contributed by atoms with Crippen LogP contribution in [0.2, 0.25) is 0 Å². The van der Waals surface area contributed by atoms with Gasteiger partial charge in [-0.25, -0.2) is 4.98 Å². The van der Waals surface area contributed by atoms with Crippen molar-refractivity contribution >= 4 is 23.2 Å². The molecule has 30 heavy (non-hydrogen) atoms. The average molecular weight is 432 g/mol. The van der Waals surface area contributed by atoms with Crippen molar-refractivity contribution in [3.8, 4) is 16.2 Å². The number of aryl methyl sites for hydroxylation is 1. The Kier molecular flexibility index (Phi) is 6.47. The van der Waals surface area contributed by atoms with Crippen LogP contribution in [-0.2, 0) is 16.1 Å². The Morgan fingerprint density at radius 1 is 1.33 bits per heavy atom. The number of phenolic OH excluding ortho intramolecular Hbond substituents is 1. The fraction of sp³-hybridized carbons (Fsp3) is 0.500. The number of hydrogen-bond acceptors (Lipinski definition) is 6. The molecule has 3 rings (SSSR count). The van der Waals surface area contributed by atoms with Crippen LogP contribution in [0.1, 0.15) is 44.9 Å². The van der Waals surface area contributed by atoms with E-state index in [1.54, 1.807) is 17.6 Å². The molecule has 0 aliphatic carbocycles. The lowest BCUT2D eigenvalue weighted by Crippen LogP contribution is -2.46. The summed E-state index contributed by atoms with van der Waals surface area (Å²) in [5.41, 5.74) is 3.93. The van der Waals surface area contributed by atoms with E-state index in [4.69, 9.17) is 0 Å². The average Bonchev–Trinajstić information content (AvgIpc) is 3.24. The molecule has 2 unspecified atom stereocenters. The number of nitrogens with zero attached hydrogens (tertiary/aromatic N) is 2. The van der Waals surface area contributed by atoms with E-state index < -0.39 is 12.1 Å². The monoisotopic (exact) mass is 431 g/mol. The van der Waals surface area contributed by atoms with Crippen LogP contribution < -0.4 is 5.32 Å². The lowest BCUT2D eigenvalue weighted by atomic mass is 9.91. The Balaban J connectivity index is 1.65. The fourth-order valence-electron chi connectivity index (χ4n) is 3.63. The largest absolute Gasteiger partial charge is 0.508 e. The molecule has 8 heteroatoms. The van der Waals surface area contributed by atoms with Gasteiger partial charge < -0.3 is 20.4 Å². The van der Waals surface area contributed by atoms with Gasteiger partial charge in [0.15, 0.2) is 0 Å². The first-order valence-corrected chi connectivity index (χ1v) is 10.9. The summed E-state index contributed by atoms with van der Waals surface area (Å²) < 4.78 is 0. The number of aliphatic hydroxyl groups is 1. The highest BCUT2D eigenvalue weighted by Crippen LogP contribution is 2.31. The zero-order chi connectivity index (χ0) is 22.1. The van der Waals surface area contributed by atoms with Gasteiger partial charge >= 0.3 is 0 Å². The van der Waals surface area contributed by atoms with Crippen molar-refractivity contribution in [1.29, 1.82) is 0 Å². The number of aromatic nitrogens is 1. The second kappa shape index (κ2) is 8.73. The molecule has 7 nitrogen and oxygen atoms in total. The van der Waals surface area contributed by atoms with E-state index in [-0.39, 0.29) is 42.5 Å². The Morgan fingerprint density at radius 2 is 2.07 bits per heavy atom. The van der Waals surface area contributed by atoms with E-state index in [1.165, 1.54) is 16.2 Å². The Morgan fingerprint density at radius 3 is 2.67 bits per heavy atom. The van der Waals surface area contributed by atoms with Gasteiger partial charge in [-0.1, -0.05) is 32.9 Å². The van der Waals surface area contributed by atoms with Gasteiger partial charge in [0.1, 0.15) is 11.8 Å². The number of aromatic hydroxyl groups is 1. The van der Waals surface area contributed by atoms with E-state index in [1.807, 2.05) is 33.8 Å². The van der Waals surface area contributed by atoms with Crippen molar-refractivity contribution in [2.24, 2.45) is 5.41 Å². The Bertz CT molecular complexity index is 935. The number of phenols is 1. The second-order valence-electron chi connectivity index (χ2n) is 9.02. The number of nitrogens with one attached hydrogen (secondary N) is 1. The van der Waals surface area contributed by atoms with E-state index in [2.05, 4.69) is 10.3 Å². The SMILES string of the molecule is Cc1ncsc1-c1ccc(CNC(=O)C2CC(O)CN2C(=O)CC(C)(C)C)c(O)c1. The molecule has 0 saturated carbocycles.